The smallest absolute Gasteiger partial charge is 0.269 e. The van der Waals surface area contributed by atoms with Crippen molar-refractivity contribution in [2.75, 3.05) is 23.0 Å². The maximum Gasteiger partial charge on any atom is 0.269 e. The van der Waals surface area contributed by atoms with Crippen molar-refractivity contribution in [1.29, 1.82) is 0 Å². The van der Waals surface area contributed by atoms with Crippen LogP contribution >= 0.6 is 11.6 Å². The van der Waals surface area contributed by atoms with E-state index >= 15 is 0 Å². The highest BCUT2D eigenvalue weighted by Crippen LogP contribution is 2.30. The fraction of sp³-hybridized carbons (Fsp3) is 0.500. The van der Waals surface area contributed by atoms with Gasteiger partial charge in [-0.05, 0) is 18.6 Å². The zero-order chi connectivity index (χ0) is 14.9. The summed E-state index contributed by atoms with van der Waals surface area (Å²) in [7, 11) is -3.00. The van der Waals surface area contributed by atoms with Crippen molar-refractivity contribution in [1.82, 2.24) is 0 Å². The molecule has 8 heteroatoms. The molecular formula is C12H15ClN2O4S. The molecule has 6 nitrogen and oxygen atoms in total. The Morgan fingerprint density at radius 1 is 1.50 bits per heavy atom. The number of non-ortho nitro benzene ring substituents is 1. The van der Waals surface area contributed by atoms with Crippen LogP contribution < -0.4 is 4.90 Å². The van der Waals surface area contributed by atoms with E-state index in [-0.39, 0.29) is 29.1 Å². The van der Waals surface area contributed by atoms with E-state index in [9.17, 15) is 18.5 Å². The number of hydrogen-bond acceptors (Lipinski definition) is 5. The second kappa shape index (κ2) is 5.57. The van der Waals surface area contributed by atoms with Gasteiger partial charge in [0.15, 0.2) is 9.84 Å². The number of nitro groups is 1. The van der Waals surface area contributed by atoms with Gasteiger partial charge in [0.25, 0.3) is 5.69 Å². The van der Waals surface area contributed by atoms with Crippen LogP contribution in [0.15, 0.2) is 18.2 Å². The Hall–Kier alpha value is -1.34. The van der Waals surface area contributed by atoms with Crippen molar-refractivity contribution >= 4 is 32.8 Å². The standard InChI is InChI=1S/C12H15ClN2O4S/c1-9-8-20(18,19)5-4-14(9)12-3-2-11(15(16)17)6-10(12)7-13/h2-3,6,9H,4-5,7-8H2,1H3. The first-order chi connectivity index (χ1) is 9.34. The second-order valence-electron chi connectivity index (χ2n) is 4.86. The maximum absolute atomic E-state index is 11.6. The minimum Gasteiger partial charge on any atom is -0.367 e. The van der Waals surface area contributed by atoms with Gasteiger partial charge in [-0.15, -0.1) is 11.6 Å². The number of sulfone groups is 1. The fourth-order valence-electron chi connectivity index (χ4n) is 2.43. The average molecular weight is 319 g/mol. The van der Waals surface area contributed by atoms with E-state index in [2.05, 4.69) is 0 Å². The number of nitrogens with zero attached hydrogens (tertiary/aromatic N) is 2. The molecule has 1 aliphatic heterocycles. The summed E-state index contributed by atoms with van der Waals surface area (Å²) in [6, 6.07) is 4.33. The lowest BCUT2D eigenvalue weighted by Gasteiger charge is -2.36. The molecule has 0 spiro atoms. The maximum atomic E-state index is 11.6. The molecule has 1 aromatic rings. The number of hydrogen-bond donors (Lipinski definition) is 0. The topological polar surface area (TPSA) is 80.5 Å². The Balaban J connectivity index is 2.35. The quantitative estimate of drug-likeness (QED) is 0.483. The van der Waals surface area contributed by atoms with E-state index in [1.165, 1.54) is 12.1 Å². The highest BCUT2D eigenvalue weighted by atomic mass is 35.5. The molecular weight excluding hydrogens is 304 g/mol. The van der Waals surface area contributed by atoms with Crippen LogP contribution in [0.25, 0.3) is 0 Å². The summed E-state index contributed by atoms with van der Waals surface area (Å²) in [5, 5.41) is 10.8. The SMILES string of the molecule is CC1CS(=O)(=O)CCN1c1ccc([N+](=O)[O-])cc1CCl. The molecule has 0 saturated carbocycles. The van der Waals surface area contributed by atoms with Gasteiger partial charge in [-0.3, -0.25) is 10.1 Å². The van der Waals surface area contributed by atoms with Crippen molar-refractivity contribution in [3.05, 3.63) is 33.9 Å². The number of rotatable bonds is 3. The lowest BCUT2D eigenvalue weighted by Crippen LogP contribution is -2.47. The molecule has 0 N–H and O–H groups in total. The Kier molecular flexibility index (Phi) is 4.19. The van der Waals surface area contributed by atoms with Gasteiger partial charge in [-0.2, -0.15) is 0 Å². The van der Waals surface area contributed by atoms with Crippen LogP contribution in [0.5, 0.6) is 0 Å². The minimum atomic E-state index is -3.00. The van der Waals surface area contributed by atoms with E-state index in [0.29, 0.717) is 12.1 Å². The van der Waals surface area contributed by atoms with Crippen molar-refractivity contribution < 1.29 is 13.3 Å². The van der Waals surface area contributed by atoms with E-state index in [1.807, 2.05) is 11.8 Å². The molecule has 1 fully saturated rings. The molecule has 1 unspecified atom stereocenters. The Bertz CT molecular complexity index is 632. The fourth-order valence-corrected chi connectivity index (χ4v) is 4.20. The Morgan fingerprint density at radius 2 is 2.20 bits per heavy atom. The molecule has 0 bridgehead atoms. The molecule has 0 aliphatic carbocycles. The molecule has 1 aliphatic rings. The molecule has 2 rings (SSSR count). The van der Waals surface area contributed by atoms with Crippen LogP contribution in [0.2, 0.25) is 0 Å². The molecule has 1 atom stereocenters. The summed E-state index contributed by atoms with van der Waals surface area (Å²) in [5.41, 5.74) is 1.40. The van der Waals surface area contributed by atoms with Gasteiger partial charge in [0.05, 0.1) is 16.4 Å². The number of alkyl halides is 1. The normalized spacial score (nSPS) is 21.7. The van der Waals surface area contributed by atoms with E-state index in [0.717, 1.165) is 5.69 Å². The van der Waals surface area contributed by atoms with Crippen LogP contribution in [0.4, 0.5) is 11.4 Å². The van der Waals surface area contributed by atoms with Crippen molar-refractivity contribution in [3.8, 4) is 0 Å². The first-order valence-electron chi connectivity index (χ1n) is 6.14. The number of nitro benzene ring substituents is 1. The molecule has 20 heavy (non-hydrogen) atoms. The van der Waals surface area contributed by atoms with Crippen LogP contribution in [-0.4, -0.2) is 37.4 Å². The predicted octanol–water partition coefficient (Wildman–Crippen LogP) is 1.96. The second-order valence-corrected chi connectivity index (χ2v) is 7.36. The molecule has 1 heterocycles. The molecule has 0 amide bonds. The van der Waals surface area contributed by atoms with Gasteiger partial charge < -0.3 is 4.90 Å². The third kappa shape index (κ3) is 3.04. The molecule has 0 radical (unpaired) electrons. The minimum absolute atomic E-state index is 0.0123. The monoisotopic (exact) mass is 318 g/mol. The Labute approximate surface area is 122 Å². The largest absolute Gasteiger partial charge is 0.367 e. The lowest BCUT2D eigenvalue weighted by atomic mass is 10.1. The predicted molar refractivity (Wildman–Crippen MR) is 78.1 cm³/mol. The highest BCUT2D eigenvalue weighted by Gasteiger charge is 2.29. The van der Waals surface area contributed by atoms with Crippen molar-refractivity contribution in [2.45, 2.75) is 18.8 Å². The number of anilines is 1. The third-order valence-corrected chi connectivity index (χ3v) is 5.48. The van der Waals surface area contributed by atoms with Crippen LogP contribution in [0, 0.1) is 10.1 Å². The molecule has 1 saturated heterocycles. The molecule has 110 valence electrons. The summed E-state index contributed by atoms with van der Waals surface area (Å²) in [6.45, 7) is 2.21. The Morgan fingerprint density at radius 3 is 2.75 bits per heavy atom. The van der Waals surface area contributed by atoms with E-state index in [4.69, 9.17) is 11.6 Å². The van der Waals surface area contributed by atoms with Crippen molar-refractivity contribution in [2.24, 2.45) is 0 Å². The van der Waals surface area contributed by atoms with Crippen LogP contribution in [-0.2, 0) is 15.7 Å². The van der Waals surface area contributed by atoms with Gasteiger partial charge in [-0.25, -0.2) is 8.42 Å². The van der Waals surface area contributed by atoms with Gasteiger partial charge in [0.1, 0.15) is 0 Å². The van der Waals surface area contributed by atoms with Crippen molar-refractivity contribution in [3.63, 3.8) is 0 Å². The summed E-state index contributed by atoms with van der Waals surface area (Å²) in [5.74, 6) is 0.328. The van der Waals surface area contributed by atoms with E-state index < -0.39 is 14.8 Å². The zero-order valence-corrected chi connectivity index (χ0v) is 12.5. The number of halogens is 1. The zero-order valence-electron chi connectivity index (χ0n) is 11.0. The van der Waals surface area contributed by atoms with Gasteiger partial charge in [0.2, 0.25) is 0 Å². The summed E-state index contributed by atoms with van der Waals surface area (Å²) in [4.78, 5) is 12.3. The molecule has 1 aromatic carbocycles. The van der Waals surface area contributed by atoms with Gasteiger partial charge in [-0.1, -0.05) is 0 Å². The first kappa shape index (κ1) is 15.1. The lowest BCUT2D eigenvalue weighted by molar-refractivity contribution is -0.384. The third-order valence-electron chi connectivity index (χ3n) is 3.40. The van der Waals surface area contributed by atoms with Gasteiger partial charge in [0, 0.05) is 36.3 Å². The summed E-state index contributed by atoms with van der Waals surface area (Å²) < 4.78 is 23.2. The average Bonchev–Trinajstić information content (AvgIpc) is 2.37. The van der Waals surface area contributed by atoms with E-state index in [1.54, 1.807) is 6.07 Å². The van der Waals surface area contributed by atoms with Gasteiger partial charge >= 0.3 is 0 Å². The van der Waals surface area contributed by atoms with Crippen LogP contribution in [0.1, 0.15) is 12.5 Å². The highest BCUT2D eigenvalue weighted by molar-refractivity contribution is 7.91. The summed E-state index contributed by atoms with van der Waals surface area (Å²) >= 11 is 5.86. The molecule has 0 aromatic heterocycles. The summed E-state index contributed by atoms with van der Waals surface area (Å²) in [6.07, 6.45) is 0. The number of benzene rings is 1. The van der Waals surface area contributed by atoms with Crippen LogP contribution in [0.3, 0.4) is 0 Å². The first-order valence-corrected chi connectivity index (χ1v) is 8.50.